The molecule has 1 aliphatic rings. The lowest BCUT2D eigenvalue weighted by Gasteiger charge is -2.44. The molecule has 3 rings (SSSR count). The van der Waals surface area contributed by atoms with E-state index in [1.165, 1.54) is 12.1 Å². The Hall–Kier alpha value is -1.72. The van der Waals surface area contributed by atoms with Gasteiger partial charge in [-0.2, -0.15) is 0 Å². The first-order valence-electron chi connectivity index (χ1n) is 9.37. The molecule has 0 aliphatic carbocycles. The molecule has 2 aromatic carbocycles. The molecule has 5 heteroatoms. The summed E-state index contributed by atoms with van der Waals surface area (Å²) in [6.07, 6.45) is 2.55. The van der Waals surface area contributed by atoms with Crippen molar-refractivity contribution in [2.24, 2.45) is 0 Å². The number of rotatable bonds is 6. The average molecular weight is 434 g/mol. The Balaban J connectivity index is 1.81. The molecule has 0 saturated carbocycles. The van der Waals surface area contributed by atoms with Gasteiger partial charge in [0.05, 0.1) is 6.04 Å². The fourth-order valence-corrected chi connectivity index (χ4v) is 4.36. The third-order valence-electron chi connectivity index (χ3n) is 5.73. The lowest BCUT2D eigenvalue weighted by atomic mass is 9.69. The molecule has 1 fully saturated rings. The van der Waals surface area contributed by atoms with Gasteiger partial charge in [0.25, 0.3) is 0 Å². The second kappa shape index (κ2) is 8.53. The van der Waals surface area contributed by atoms with Crippen molar-refractivity contribution in [3.05, 3.63) is 69.9 Å². The van der Waals surface area contributed by atoms with E-state index in [0.29, 0.717) is 19.4 Å². The van der Waals surface area contributed by atoms with Gasteiger partial charge in [-0.1, -0.05) is 40.2 Å². The van der Waals surface area contributed by atoms with Crippen molar-refractivity contribution in [2.75, 3.05) is 13.2 Å². The van der Waals surface area contributed by atoms with Gasteiger partial charge >= 0.3 is 0 Å². The molecule has 0 bridgehead atoms. The van der Waals surface area contributed by atoms with Crippen LogP contribution in [0.2, 0.25) is 0 Å². The van der Waals surface area contributed by atoms with E-state index in [4.69, 9.17) is 0 Å². The Morgan fingerprint density at radius 3 is 2.44 bits per heavy atom. The summed E-state index contributed by atoms with van der Waals surface area (Å²) >= 11 is 3.44. The Morgan fingerprint density at radius 1 is 1.19 bits per heavy atom. The Labute approximate surface area is 168 Å². The van der Waals surface area contributed by atoms with Gasteiger partial charge < -0.3 is 10.0 Å². The highest BCUT2D eigenvalue weighted by atomic mass is 79.9. The Morgan fingerprint density at radius 2 is 1.85 bits per heavy atom. The predicted molar refractivity (Wildman–Crippen MR) is 108 cm³/mol. The van der Waals surface area contributed by atoms with Crippen molar-refractivity contribution in [3.63, 3.8) is 0 Å². The van der Waals surface area contributed by atoms with Crippen LogP contribution in [0, 0.1) is 5.82 Å². The molecule has 0 spiro atoms. The van der Waals surface area contributed by atoms with Crippen molar-refractivity contribution in [2.45, 2.75) is 44.1 Å². The van der Waals surface area contributed by atoms with Crippen LogP contribution in [0.1, 0.15) is 49.8 Å². The maximum atomic E-state index is 13.4. The van der Waals surface area contributed by atoms with Gasteiger partial charge in [0.15, 0.2) is 0 Å². The zero-order chi connectivity index (χ0) is 19.4. The molecule has 3 nitrogen and oxygen atoms in total. The van der Waals surface area contributed by atoms with Crippen molar-refractivity contribution in [1.29, 1.82) is 0 Å². The number of amides is 1. The monoisotopic (exact) mass is 433 g/mol. The molecule has 27 heavy (non-hydrogen) atoms. The molecular weight excluding hydrogens is 409 g/mol. The largest absolute Gasteiger partial charge is 0.396 e. The normalized spacial score (nSPS) is 21.3. The van der Waals surface area contributed by atoms with Crippen molar-refractivity contribution >= 4 is 21.8 Å². The smallest absolute Gasteiger partial charge is 0.223 e. The van der Waals surface area contributed by atoms with Crippen LogP contribution in [0.4, 0.5) is 4.39 Å². The van der Waals surface area contributed by atoms with Crippen molar-refractivity contribution in [1.82, 2.24) is 4.90 Å². The molecule has 2 aromatic rings. The SMILES string of the molecule is C[C@@H](c1ccc(Br)cc1)N1CCC(CCCO)(c2ccc(F)cc2)CC1=O. The molecule has 1 heterocycles. The van der Waals surface area contributed by atoms with Crippen LogP contribution >= 0.6 is 15.9 Å². The van der Waals surface area contributed by atoms with Gasteiger partial charge in [0, 0.05) is 29.5 Å². The average Bonchev–Trinajstić information content (AvgIpc) is 2.67. The molecular formula is C22H25BrFNO2. The van der Waals surface area contributed by atoms with Gasteiger partial charge in [-0.25, -0.2) is 4.39 Å². The first-order chi connectivity index (χ1) is 12.9. The third kappa shape index (κ3) is 4.41. The van der Waals surface area contributed by atoms with Gasteiger partial charge in [-0.3, -0.25) is 4.79 Å². The lowest BCUT2D eigenvalue weighted by molar-refractivity contribution is -0.138. The number of aliphatic hydroxyl groups excluding tert-OH is 1. The number of halogens is 2. The molecule has 1 unspecified atom stereocenters. The number of likely N-dealkylation sites (tertiary alicyclic amines) is 1. The molecule has 1 amide bonds. The highest BCUT2D eigenvalue weighted by molar-refractivity contribution is 9.10. The number of carbonyl (C=O) groups is 1. The maximum Gasteiger partial charge on any atom is 0.223 e. The van der Waals surface area contributed by atoms with Crippen LogP contribution in [0.25, 0.3) is 0 Å². The predicted octanol–water partition coefficient (Wildman–Crippen LogP) is 4.98. The van der Waals surface area contributed by atoms with Crippen LogP contribution in [-0.4, -0.2) is 29.1 Å². The number of hydrogen-bond donors (Lipinski definition) is 1. The Kier molecular flexibility index (Phi) is 6.33. The minimum absolute atomic E-state index is 0.00894. The summed E-state index contributed by atoms with van der Waals surface area (Å²) in [5, 5.41) is 9.32. The van der Waals surface area contributed by atoms with Gasteiger partial charge in [-0.05, 0) is 61.6 Å². The van der Waals surface area contributed by atoms with Crippen LogP contribution in [-0.2, 0) is 10.2 Å². The molecule has 0 radical (unpaired) electrons. The van der Waals surface area contributed by atoms with Crippen LogP contribution in [0.3, 0.4) is 0 Å². The minimum atomic E-state index is -0.330. The summed E-state index contributed by atoms with van der Waals surface area (Å²) < 4.78 is 14.4. The molecule has 2 atom stereocenters. The standard InChI is InChI=1S/C22H25BrFNO2/c1-16(17-3-7-19(23)8-4-17)25-13-12-22(11-2-14-26,15-21(25)27)18-5-9-20(24)10-6-18/h3-10,16,26H,2,11-15H2,1H3/t16-,22?/m0/s1. The first kappa shape index (κ1) is 20.0. The van der Waals surface area contributed by atoms with E-state index >= 15 is 0 Å². The summed E-state index contributed by atoms with van der Waals surface area (Å²) in [6.45, 7) is 2.80. The Bertz CT molecular complexity index is 778. The highest BCUT2D eigenvalue weighted by Crippen LogP contribution is 2.42. The zero-order valence-electron chi connectivity index (χ0n) is 15.5. The molecule has 0 aromatic heterocycles. The van der Waals surface area contributed by atoms with E-state index in [2.05, 4.69) is 22.9 Å². The number of nitrogens with zero attached hydrogens (tertiary/aromatic N) is 1. The molecule has 1 aliphatic heterocycles. The van der Waals surface area contributed by atoms with Crippen molar-refractivity contribution in [3.8, 4) is 0 Å². The van der Waals surface area contributed by atoms with Gasteiger partial charge in [-0.15, -0.1) is 0 Å². The van der Waals surface area contributed by atoms with Crippen LogP contribution < -0.4 is 0 Å². The second-order valence-electron chi connectivity index (χ2n) is 7.36. The minimum Gasteiger partial charge on any atom is -0.396 e. The number of benzene rings is 2. The summed E-state index contributed by atoms with van der Waals surface area (Å²) in [7, 11) is 0. The van der Waals surface area contributed by atoms with Crippen LogP contribution in [0.5, 0.6) is 0 Å². The van der Waals surface area contributed by atoms with E-state index in [0.717, 1.165) is 28.4 Å². The topological polar surface area (TPSA) is 40.5 Å². The van der Waals surface area contributed by atoms with E-state index < -0.39 is 0 Å². The van der Waals surface area contributed by atoms with Gasteiger partial charge in [0.2, 0.25) is 5.91 Å². The van der Waals surface area contributed by atoms with E-state index in [1.807, 2.05) is 29.2 Å². The fraction of sp³-hybridized carbons (Fsp3) is 0.409. The number of carbonyl (C=O) groups excluding carboxylic acids is 1. The lowest BCUT2D eigenvalue weighted by Crippen LogP contribution is -2.47. The summed E-state index contributed by atoms with van der Waals surface area (Å²) in [4.78, 5) is 15.0. The summed E-state index contributed by atoms with van der Waals surface area (Å²) in [5.74, 6) is -0.164. The molecule has 1 saturated heterocycles. The quantitative estimate of drug-likeness (QED) is 0.697. The molecule has 144 valence electrons. The summed E-state index contributed by atoms with van der Waals surface area (Å²) in [5.41, 5.74) is 1.77. The van der Waals surface area contributed by atoms with Crippen molar-refractivity contribution < 1.29 is 14.3 Å². The van der Waals surface area contributed by atoms with E-state index in [9.17, 15) is 14.3 Å². The fourth-order valence-electron chi connectivity index (χ4n) is 4.09. The third-order valence-corrected chi connectivity index (χ3v) is 6.26. The zero-order valence-corrected chi connectivity index (χ0v) is 17.1. The summed E-state index contributed by atoms with van der Waals surface area (Å²) in [6, 6.07) is 14.5. The van der Waals surface area contributed by atoms with E-state index in [-0.39, 0.29) is 29.8 Å². The second-order valence-corrected chi connectivity index (χ2v) is 8.27. The number of hydrogen-bond acceptors (Lipinski definition) is 2. The maximum absolute atomic E-state index is 13.4. The van der Waals surface area contributed by atoms with E-state index in [1.54, 1.807) is 12.1 Å². The van der Waals surface area contributed by atoms with Crippen LogP contribution in [0.15, 0.2) is 53.0 Å². The molecule has 1 N–H and O–H groups in total. The highest BCUT2D eigenvalue weighted by Gasteiger charge is 2.41. The number of aliphatic hydroxyl groups is 1. The first-order valence-corrected chi connectivity index (χ1v) is 10.2. The van der Waals surface area contributed by atoms with Gasteiger partial charge in [0.1, 0.15) is 5.82 Å². The number of piperidine rings is 1.